The summed E-state index contributed by atoms with van der Waals surface area (Å²) in [5.74, 6) is 0. The van der Waals surface area contributed by atoms with Crippen LogP contribution in [0, 0.1) is 3.57 Å². The van der Waals surface area contributed by atoms with Crippen molar-refractivity contribution in [3.63, 3.8) is 0 Å². The molecule has 2 unspecified atom stereocenters. The summed E-state index contributed by atoms with van der Waals surface area (Å²) >= 11 is 2.24. The first-order valence-corrected chi connectivity index (χ1v) is 6.09. The van der Waals surface area contributed by atoms with Crippen LogP contribution < -0.4 is 0 Å². The minimum absolute atomic E-state index is 0.153. The van der Waals surface area contributed by atoms with Gasteiger partial charge in [-0.05, 0) is 42.4 Å². The molecular weight excluding hydrogens is 291 g/mol. The van der Waals surface area contributed by atoms with E-state index in [2.05, 4.69) is 27.7 Å². The van der Waals surface area contributed by atoms with E-state index in [9.17, 15) is 5.11 Å². The molecule has 0 radical (unpaired) electrons. The molecule has 1 fully saturated rings. The van der Waals surface area contributed by atoms with E-state index in [4.69, 9.17) is 0 Å². The molecule has 2 atom stereocenters. The second-order valence-corrected chi connectivity index (χ2v) is 5.50. The lowest BCUT2D eigenvalue weighted by molar-refractivity contribution is -0.0292. The molecule has 1 aromatic rings. The fourth-order valence-electron chi connectivity index (χ4n) is 2.20. The molecule has 0 aromatic carbocycles. The molecule has 1 aliphatic rings. The van der Waals surface area contributed by atoms with E-state index in [-0.39, 0.29) is 6.04 Å². The van der Waals surface area contributed by atoms with Crippen molar-refractivity contribution in [2.24, 2.45) is 0 Å². The second-order valence-electron chi connectivity index (χ2n) is 4.26. The van der Waals surface area contributed by atoms with Gasteiger partial charge < -0.3 is 5.11 Å². The Bertz CT molecular complexity index is 322. The highest BCUT2D eigenvalue weighted by Gasteiger charge is 2.36. The standard InChI is InChI=1S/C10H15IN2O/c1-10(14)5-3-2-4-9(10)13-7-8(11)6-12-13/h6-7,9,14H,2-5H2,1H3. The molecule has 3 nitrogen and oxygen atoms in total. The van der Waals surface area contributed by atoms with Gasteiger partial charge in [-0.2, -0.15) is 5.10 Å². The highest BCUT2D eigenvalue weighted by Crippen LogP contribution is 2.36. The van der Waals surface area contributed by atoms with Crippen molar-refractivity contribution in [3.8, 4) is 0 Å². The summed E-state index contributed by atoms with van der Waals surface area (Å²) in [4.78, 5) is 0. The van der Waals surface area contributed by atoms with Crippen LogP contribution in [0.3, 0.4) is 0 Å². The molecule has 4 heteroatoms. The minimum atomic E-state index is -0.590. The van der Waals surface area contributed by atoms with Crippen LogP contribution >= 0.6 is 22.6 Å². The number of aromatic nitrogens is 2. The van der Waals surface area contributed by atoms with E-state index in [1.807, 2.05) is 24.0 Å². The number of hydrogen-bond donors (Lipinski definition) is 1. The van der Waals surface area contributed by atoms with Crippen LogP contribution in [0.5, 0.6) is 0 Å². The van der Waals surface area contributed by atoms with E-state index in [1.54, 1.807) is 0 Å². The lowest BCUT2D eigenvalue weighted by Crippen LogP contribution is -2.39. The topological polar surface area (TPSA) is 38.0 Å². The van der Waals surface area contributed by atoms with Crippen molar-refractivity contribution in [1.29, 1.82) is 0 Å². The normalized spacial score (nSPS) is 33.2. The van der Waals surface area contributed by atoms with Crippen molar-refractivity contribution >= 4 is 22.6 Å². The number of hydrogen-bond acceptors (Lipinski definition) is 2. The molecule has 1 heterocycles. The first-order chi connectivity index (χ1) is 6.59. The molecule has 1 saturated carbocycles. The zero-order valence-corrected chi connectivity index (χ0v) is 10.4. The third-order valence-electron chi connectivity index (χ3n) is 3.02. The molecule has 0 amide bonds. The average molecular weight is 306 g/mol. The van der Waals surface area contributed by atoms with Gasteiger partial charge in [0.15, 0.2) is 0 Å². The van der Waals surface area contributed by atoms with Crippen molar-refractivity contribution < 1.29 is 5.11 Å². The summed E-state index contributed by atoms with van der Waals surface area (Å²) in [7, 11) is 0. The summed E-state index contributed by atoms with van der Waals surface area (Å²) in [6.45, 7) is 1.92. The molecule has 0 spiro atoms. The van der Waals surface area contributed by atoms with Gasteiger partial charge in [0, 0.05) is 6.20 Å². The predicted molar refractivity (Wildman–Crippen MR) is 63.1 cm³/mol. The predicted octanol–water partition coefficient (Wildman–Crippen LogP) is 2.35. The van der Waals surface area contributed by atoms with Crippen molar-refractivity contribution in [2.75, 3.05) is 0 Å². The SMILES string of the molecule is CC1(O)CCCCC1n1cc(I)cn1. The van der Waals surface area contributed by atoms with Crippen LogP contribution in [0.1, 0.15) is 38.6 Å². The van der Waals surface area contributed by atoms with Gasteiger partial charge in [-0.15, -0.1) is 0 Å². The summed E-state index contributed by atoms with van der Waals surface area (Å²) in [6.07, 6.45) is 8.08. The van der Waals surface area contributed by atoms with Gasteiger partial charge in [0.25, 0.3) is 0 Å². The maximum atomic E-state index is 10.2. The van der Waals surface area contributed by atoms with E-state index in [1.165, 1.54) is 6.42 Å². The van der Waals surface area contributed by atoms with Gasteiger partial charge in [0.2, 0.25) is 0 Å². The van der Waals surface area contributed by atoms with Crippen LogP contribution in [0.2, 0.25) is 0 Å². The fraction of sp³-hybridized carbons (Fsp3) is 0.700. The van der Waals surface area contributed by atoms with E-state index in [0.717, 1.165) is 22.8 Å². The Morgan fingerprint density at radius 1 is 1.64 bits per heavy atom. The monoisotopic (exact) mass is 306 g/mol. The van der Waals surface area contributed by atoms with Crippen molar-refractivity contribution in [2.45, 2.75) is 44.2 Å². The maximum absolute atomic E-state index is 10.2. The molecule has 0 saturated heterocycles. The lowest BCUT2D eigenvalue weighted by atomic mass is 9.82. The van der Waals surface area contributed by atoms with Gasteiger partial charge in [-0.25, -0.2) is 0 Å². The number of rotatable bonds is 1. The molecule has 14 heavy (non-hydrogen) atoms. The maximum Gasteiger partial charge on any atom is 0.0842 e. The van der Waals surface area contributed by atoms with E-state index in [0.29, 0.717) is 0 Å². The van der Waals surface area contributed by atoms with E-state index < -0.39 is 5.60 Å². The third-order valence-corrected chi connectivity index (χ3v) is 3.57. The molecule has 1 aromatic heterocycles. The van der Waals surface area contributed by atoms with Crippen molar-refractivity contribution in [3.05, 3.63) is 16.0 Å². The van der Waals surface area contributed by atoms with Crippen LogP contribution in [-0.2, 0) is 0 Å². The van der Waals surface area contributed by atoms with Crippen LogP contribution in [0.25, 0.3) is 0 Å². The Morgan fingerprint density at radius 2 is 2.43 bits per heavy atom. The molecule has 2 rings (SSSR count). The van der Waals surface area contributed by atoms with Gasteiger partial charge in [0.05, 0.1) is 21.4 Å². The Labute approximate surface area is 97.6 Å². The lowest BCUT2D eigenvalue weighted by Gasteiger charge is -2.37. The van der Waals surface area contributed by atoms with Gasteiger partial charge in [-0.3, -0.25) is 4.68 Å². The molecule has 78 valence electrons. The zero-order valence-electron chi connectivity index (χ0n) is 8.28. The number of aliphatic hydroxyl groups is 1. The smallest absolute Gasteiger partial charge is 0.0842 e. The largest absolute Gasteiger partial charge is 0.388 e. The van der Waals surface area contributed by atoms with Crippen LogP contribution in [0.15, 0.2) is 12.4 Å². The van der Waals surface area contributed by atoms with Gasteiger partial charge in [0.1, 0.15) is 0 Å². The molecule has 1 N–H and O–H groups in total. The Morgan fingerprint density at radius 3 is 3.00 bits per heavy atom. The van der Waals surface area contributed by atoms with E-state index >= 15 is 0 Å². The summed E-state index contributed by atoms with van der Waals surface area (Å²) in [6, 6.07) is 0.153. The Balaban J connectivity index is 2.23. The Kier molecular flexibility index (Phi) is 2.83. The molecular formula is C10H15IN2O. The fourth-order valence-corrected chi connectivity index (χ4v) is 2.61. The quantitative estimate of drug-likeness (QED) is 0.809. The zero-order chi connectivity index (χ0) is 10.2. The van der Waals surface area contributed by atoms with Gasteiger partial charge in [-0.1, -0.05) is 12.8 Å². The average Bonchev–Trinajstić information content (AvgIpc) is 2.51. The molecule has 0 bridgehead atoms. The summed E-state index contributed by atoms with van der Waals surface area (Å²) < 4.78 is 3.05. The van der Waals surface area contributed by atoms with Crippen molar-refractivity contribution in [1.82, 2.24) is 9.78 Å². The third kappa shape index (κ3) is 1.95. The van der Waals surface area contributed by atoms with Crippen LogP contribution in [0.4, 0.5) is 0 Å². The van der Waals surface area contributed by atoms with Crippen LogP contribution in [-0.4, -0.2) is 20.5 Å². The second kappa shape index (κ2) is 3.81. The minimum Gasteiger partial charge on any atom is -0.388 e. The Hall–Kier alpha value is -0.100. The number of halogens is 1. The highest BCUT2D eigenvalue weighted by molar-refractivity contribution is 14.1. The molecule has 1 aliphatic carbocycles. The van der Waals surface area contributed by atoms with Gasteiger partial charge >= 0.3 is 0 Å². The number of nitrogens with zero attached hydrogens (tertiary/aromatic N) is 2. The first kappa shape index (κ1) is 10.4. The summed E-state index contributed by atoms with van der Waals surface area (Å²) in [5, 5.41) is 14.5. The first-order valence-electron chi connectivity index (χ1n) is 5.02. The summed E-state index contributed by atoms with van der Waals surface area (Å²) in [5.41, 5.74) is -0.590. The highest BCUT2D eigenvalue weighted by atomic mass is 127. The molecule has 0 aliphatic heterocycles.